The lowest BCUT2D eigenvalue weighted by molar-refractivity contribution is 0.239. The van der Waals surface area contributed by atoms with Crippen LogP contribution in [0.15, 0.2) is 35.7 Å². The number of benzene rings is 1. The van der Waals surface area contributed by atoms with E-state index in [9.17, 15) is 12.8 Å². The van der Waals surface area contributed by atoms with Crippen molar-refractivity contribution in [3.63, 3.8) is 0 Å². The zero-order valence-electron chi connectivity index (χ0n) is 12.9. The second-order valence-corrected chi connectivity index (χ2v) is 7.84. The van der Waals surface area contributed by atoms with Gasteiger partial charge in [-0.2, -0.15) is 9.40 Å². The molecule has 124 valence electrons. The van der Waals surface area contributed by atoms with Crippen LogP contribution in [0.1, 0.15) is 18.4 Å². The summed E-state index contributed by atoms with van der Waals surface area (Å²) >= 11 is 0. The van der Waals surface area contributed by atoms with Crippen LogP contribution in [0.4, 0.5) is 4.39 Å². The Morgan fingerprint density at radius 1 is 1.39 bits per heavy atom. The Kier molecular flexibility index (Phi) is 4.45. The predicted octanol–water partition coefficient (Wildman–Crippen LogP) is 1.83. The van der Waals surface area contributed by atoms with E-state index in [2.05, 4.69) is 10.1 Å². The monoisotopic (exact) mass is 338 g/mol. The number of aryl methyl sites for hydroxylation is 1. The van der Waals surface area contributed by atoms with Crippen molar-refractivity contribution in [1.29, 1.82) is 0 Å². The highest BCUT2D eigenvalue weighted by atomic mass is 32.2. The number of piperidine rings is 1. The number of rotatable bonds is 4. The van der Waals surface area contributed by atoms with Gasteiger partial charge in [0.05, 0.1) is 4.90 Å². The third-order valence-electron chi connectivity index (χ3n) is 4.17. The van der Waals surface area contributed by atoms with Gasteiger partial charge in [-0.3, -0.25) is 4.68 Å². The number of hydrogen-bond acceptors (Lipinski definition) is 4. The fourth-order valence-corrected chi connectivity index (χ4v) is 4.44. The van der Waals surface area contributed by atoms with Crippen LogP contribution in [0.5, 0.6) is 0 Å². The van der Waals surface area contributed by atoms with Gasteiger partial charge >= 0.3 is 0 Å². The Labute approximate surface area is 135 Å². The molecule has 2 heterocycles. The van der Waals surface area contributed by atoms with E-state index in [4.69, 9.17) is 0 Å². The number of halogens is 1. The predicted molar refractivity (Wildman–Crippen MR) is 82.6 cm³/mol. The van der Waals surface area contributed by atoms with Crippen LogP contribution in [0.2, 0.25) is 0 Å². The Bertz CT molecular complexity index is 777. The highest BCUT2D eigenvalue weighted by molar-refractivity contribution is 7.89. The summed E-state index contributed by atoms with van der Waals surface area (Å²) in [5, 5.41) is 4.07. The van der Waals surface area contributed by atoms with Crippen LogP contribution in [-0.4, -0.2) is 40.6 Å². The molecule has 0 bridgehead atoms. The molecule has 1 aromatic heterocycles. The molecule has 1 aromatic carbocycles. The molecule has 1 saturated heterocycles. The molecule has 0 spiro atoms. The van der Waals surface area contributed by atoms with Crippen molar-refractivity contribution in [3.8, 4) is 0 Å². The second kappa shape index (κ2) is 6.37. The van der Waals surface area contributed by atoms with Gasteiger partial charge in [-0.05, 0) is 43.4 Å². The van der Waals surface area contributed by atoms with Crippen LogP contribution in [0, 0.1) is 18.7 Å². The smallest absolute Gasteiger partial charge is 0.243 e. The largest absolute Gasteiger partial charge is 0.253 e. The van der Waals surface area contributed by atoms with E-state index in [-0.39, 0.29) is 10.8 Å². The van der Waals surface area contributed by atoms with Gasteiger partial charge in [0.1, 0.15) is 18.5 Å². The molecule has 0 radical (unpaired) electrons. The SMILES string of the molecule is Cc1ccc(S(=O)(=O)N2CCC[C@@H](Cn3cncn3)C2)cc1F. The van der Waals surface area contributed by atoms with E-state index in [1.54, 1.807) is 17.9 Å². The van der Waals surface area contributed by atoms with Crippen molar-refractivity contribution in [1.82, 2.24) is 19.1 Å². The van der Waals surface area contributed by atoms with Gasteiger partial charge in [0, 0.05) is 19.6 Å². The molecule has 1 aliphatic rings. The van der Waals surface area contributed by atoms with Gasteiger partial charge in [0.15, 0.2) is 0 Å². The molecule has 0 aliphatic carbocycles. The summed E-state index contributed by atoms with van der Waals surface area (Å²) in [7, 11) is -3.67. The maximum atomic E-state index is 13.7. The normalized spacial score (nSPS) is 19.8. The summed E-state index contributed by atoms with van der Waals surface area (Å²) < 4.78 is 42.3. The maximum absolute atomic E-state index is 13.7. The zero-order valence-corrected chi connectivity index (χ0v) is 13.7. The number of nitrogens with zero attached hydrogens (tertiary/aromatic N) is 4. The molecular formula is C15H19FN4O2S. The minimum Gasteiger partial charge on any atom is -0.253 e. The lowest BCUT2D eigenvalue weighted by atomic mass is 10.00. The fourth-order valence-electron chi connectivity index (χ4n) is 2.87. The van der Waals surface area contributed by atoms with Gasteiger partial charge in [-0.1, -0.05) is 6.07 Å². The summed E-state index contributed by atoms with van der Waals surface area (Å²) in [6.07, 6.45) is 4.82. The molecule has 1 fully saturated rings. The van der Waals surface area contributed by atoms with E-state index in [1.807, 2.05) is 0 Å². The number of aromatic nitrogens is 3. The molecule has 23 heavy (non-hydrogen) atoms. The van der Waals surface area contributed by atoms with Gasteiger partial charge in [-0.25, -0.2) is 17.8 Å². The topological polar surface area (TPSA) is 68.1 Å². The summed E-state index contributed by atoms with van der Waals surface area (Å²) in [4.78, 5) is 3.92. The molecule has 1 atom stereocenters. The summed E-state index contributed by atoms with van der Waals surface area (Å²) in [5.74, 6) is -0.322. The van der Waals surface area contributed by atoms with E-state index >= 15 is 0 Å². The second-order valence-electron chi connectivity index (χ2n) is 5.90. The molecule has 0 amide bonds. The van der Waals surface area contributed by atoms with Crippen LogP contribution >= 0.6 is 0 Å². The molecule has 2 aromatic rings. The first-order valence-electron chi connectivity index (χ1n) is 7.55. The molecule has 0 unspecified atom stereocenters. The first-order chi connectivity index (χ1) is 11.0. The first kappa shape index (κ1) is 16.1. The van der Waals surface area contributed by atoms with Crippen molar-refractivity contribution in [3.05, 3.63) is 42.2 Å². The van der Waals surface area contributed by atoms with E-state index in [0.717, 1.165) is 18.9 Å². The maximum Gasteiger partial charge on any atom is 0.243 e. The van der Waals surface area contributed by atoms with Gasteiger partial charge in [0.2, 0.25) is 10.0 Å². The zero-order chi connectivity index (χ0) is 16.4. The van der Waals surface area contributed by atoms with Crippen molar-refractivity contribution in [2.75, 3.05) is 13.1 Å². The fraction of sp³-hybridized carbons (Fsp3) is 0.467. The van der Waals surface area contributed by atoms with E-state index < -0.39 is 15.8 Å². The lowest BCUT2D eigenvalue weighted by Gasteiger charge is -2.31. The summed E-state index contributed by atoms with van der Waals surface area (Å²) in [6.45, 7) is 3.12. The lowest BCUT2D eigenvalue weighted by Crippen LogP contribution is -2.41. The molecule has 1 aliphatic heterocycles. The third kappa shape index (κ3) is 3.42. The average Bonchev–Trinajstić information content (AvgIpc) is 3.03. The molecule has 0 saturated carbocycles. The van der Waals surface area contributed by atoms with E-state index in [0.29, 0.717) is 25.2 Å². The molecule has 8 heteroatoms. The number of sulfonamides is 1. The van der Waals surface area contributed by atoms with Crippen LogP contribution in [0.3, 0.4) is 0 Å². The first-order valence-corrected chi connectivity index (χ1v) is 8.99. The van der Waals surface area contributed by atoms with Crippen LogP contribution in [0.25, 0.3) is 0 Å². The summed E-state index contributed by atoms with van der Waals surface area (Å²) in [6, 6.07) is 4.07. The molecule has 0 N–H and O–H groups in total. The highest BCUT2D eigenvalue weighted by Gasteiger charge is 2.30. The van der Waals surface area contributed by atoms with Gasteiger partial charge in [0.25, 0.3) is 0 Å². The average molecular weight is 338 g/mol. The Balaban J connectivity index is 1.77. The minimum atomic E-state index is -3.67. The Morgan fingerprint density at radius 2 is 2.22 bits per heavy atom. The Morgan fingerprint density at radius 3 is 2.91 bits per heavy atom. The summed E-state index contributed by atoms with van der Waals surface area (Å²) in [5.41, 5.74) is 0.437. The van der Waals surface area contributed by atoms with Gasteiger partial charge in [-0.15, -0.1) is 0 Å². The molecule has 3 rings (SSSR count). The van der Waals surface area contributed by atoms with Gasteiger partial charge < -0.3 is 0 Å². The highest BCUT2D eigenvalue weighted by Crippen LogP contribution is 2.25. The third-order valence-corrected chi connectivity index (χ3v) is 6.04. The standard InChI is InChI=1S/C15H19FN4O2S/c1-12-4-5-14(7-15(12)16)23(21,22)20-6-2-3-13(9-20)8-19-11-17-10-18-19/h4-5,7,10-11,13H,2-3,6,8-9H2,1H3/t13-/m0/s1. The number of hydrogen-bond donors (Lipinski definition) is 0. The molecular weight excluding hydrogens is 319 g/mol. The van der Waals surface area contributed by atoms with Crippen molar-refractivity contribution in [2.24, 2.45) is 5.92 Å². The molecule has 6 nitrogen and oxygen atoms in total. The van der Waals surface area contributed by atoms with E-state index in [1.165, 1.54) is 22.8 Å². The Hall–Kier alpha value is -1.80. The quantitative estimate of drug-likeness (QED) is 0.853. The minimum absolute atomic E-state index is 0.0157. The van der Waals surface area contributed by atoms with Crippen molar-refractivity contribution >= 4 is 10.0 Å². The van der Waals surface area contributed by atoms with Crippen molar-refractivity contribution < 1.29 is 12.8 Å². The van der Waals surface area contributed by atoms with Crippen LogP contribution < -0.4 is 0 Å². The van der Waals surface area contributed by atoms with Crippen molar-refractivity contribution in [2.45, 2.75) is 31.2 Å². The van der Waals surface area contributed by atoms with Crippen LogP contribution in [-0.2, 0) is 16.6 Å².